The van der Waals surface area contributed by atoms with Crippen LogP contribution in [0.2, 0.25) is 0 Å². The zero-order chi connectivity index (χ0) is 14.0. The van der Waals surface area contributed by atoms with E-state index in [1.165, 1.54) is 44.9 Å². The molecule has 3 aliphatic rings. The van der Waals surface area contributed by atoms with E-state index in [0.717, 1.165) is 25.6 Å². The van der Waals surface area contributed by atoms with Crippen molar-refractivity contribution in [3.63, 3.8) is 0 Å². The summed E-state index contributed by atoms with van der Waals surface area (Å²) in [6.45, 7) is 4.18. The minimum Gasteiger partial charge on any atom is -0.378 e. The maximum atomic E-state index is 6.21. The first kappa shape index (κ1) is 14.8. The first-order valence-electron chi connectivity index (χ1n) is 8.71. The highest BCUT2D eigenvalue weighted by Crippen LogP contribution is 2.44. The number of ether oxygens (including phenoxy) is 2. The summed E-state index contributed by atoms with van der Waals surface area (Å²) < 4.78 is 12.1. The second-order valence-corrected chi connectivity index (χ2v) is 7.08. The summed E-state index contributed by atoms with van der Waals surface area (Å²) in [7, 11) is 2.15. The predicted octanol–water partition coefficient (Wildman–Crippen LogP) is 3.13. The van der Waals surface area contributed by atoms with E-state index in [0.29, 0.717) is 18.1 Å². The molecule has 2 saturated heterocycles. The van der Waals surface area contributed by atoms with Gasteiger partial charge in [0.2, 0.25) is 0 Å². The molecule has 2 heterocycles. The molecule has 0 aromatic carbocycles. The van der Waals surface area contributed by atoms with Gasteiger partial charge in [0.15, 0.2) is 0 Å². The van der Waals surface area contributed by atoms with Gasteiger partial charge in [-0.15, -0.1) is 0 Å². The third-order valence-electron chi connectivity index (χ3n) is 6.01. The van der Waals surface area contributed by atoms with Crippen molar-refractivity contribution in [1.82, 2.24) is 5.32 Å². The van der Waals surface area contributed by atoms with Crippen LogP contribution in [-0.4, -0.2) is 38.0 Å². The minimum atomic E-state index is 0.235. The van der Waals surface area contributed by atoms with E-state index in [-0.39, 0.29) is 5.60 Å². The Balaban J connectivity index is 1.69. The summed E-state index contributed by atoms with van der Waals surface area (Å²) in [6.07, 6.45) is 10.6. The lowest BCUT2D eigenvalue weighted by atomic mass is 9.74. The van der Waals surface area contributed by atoms with E-state index >= 15 is 0 Å². The molecule has 2 aliphatic heterocycles. The van der Waals surface area contributed by atoms with Crippen molar-refractivity contribution in [2.45, 2.75) is 76.0 Å². The molecule has 0 aromatic heterocycles. The summed E-state index contributed by atoms with van der Waals surface area (Å²) in [5.74, 6) is 1.47. The maximum absolute atomic E-state index is 6.21. The Hall–Kier alpha value is -0.120. The molecule has 0 bridgehead atoms. The van der Waals surface area contributed by atoms with Gasteiger partial charge in [-0.1, -0.05) is 19.8 Å². The number of nitrogens with one attached hydrogen (secondary N) is 1. The zero-order valence-electron chi connectivity index (χ0n) is 13.2. The van der Waals surface area contributed by atoms with Gasteiger partial charge in [0.25, 0.3) is 0 Å². The SMILES string of the molecule is CCC1OCCC1C(NC)C1CCOC2(CCCC2)C1. The number of hydrogen-bond acceptors (Lipinski definition) is 3. The Morgan fingerprint density at radius 2 is 2.00 bits per heavy atom. The third-order valence-corrected chi connectivity index (χ3v) is 6.01. The molecular formula is C17H31NO2. The fraction of sp³-hybridized carbons (Fsp3) is 1.00. The molecule has 1 spiro atoms. The van der Waals surface area contributed by atoms with Crippen LogP contribution in [0.25, 0.3) is 0 Å². The highest BCUT2D eigenvalue weighted by Gasteiger charge is 2.45. The lowest BCUT2D eigenvalue weighted by Gasteiger charge is -2.43. The van der Waals surface area contributed by atoms with Crippen LogP contribution < -0.4 is 5.32 Å². The van der Waals surface area contributed by atoms with Crippen LogP contribution >= 0.6 is 0 Å². The molecule has 0 aromatic rings. The molecule has 3 nitrogen and oxygen atoms in total. The van der Waals surface area contributed by atoms with Gasteiger partial charge in [0, 0.05) is 25.2 Å². The molecular weight excluding hydrogens is 250 g/mol. The van der Waals surface area contributed by atoms with E-state index in [4.69, 9.17) is 9.47 Å². The van der Waals surface area contributed by atoms with Gasteiger partial charge in [-0.05, 0) is 51.5 Å². The van der Waals surface area contributed by atoms with Crippen molar-refractivity contribution in [2.75, 3.05) is 20.3 Å². The highest BCUT2D eigenvalue weighted by molar-refractivity contribution is 4.97. The van der Waals surface area contributed by atoms with Crippen LogP contribution in [-0.2, 0) is 9.47 Å². The minimum absolute atomic E-state index is 0.235. The van der Waals surface area contributed by atoms with Gasteiger partial charge in [-0.25, -0.2) is 0 Å². The van der Waals surface area contributed by atoms with Crippen LogP contribution in [0.3, 0.4) is 0 Å². The van der Waals surface area contributed by atoms with Crippen LogP contribution in [0.4, 0.5) is 0 Å². The smallest absolute Gasteiger partial charge is 0.0685 e. The van der Waals surface area contributed by atoms with E-state index in [2.05, 4.69) is 19.3 Å². The summed E-state index contributed by atoms with van der Waals surface area (Å²) >= 11 is 0. The molecule has 4 atom stereocenters. The molecule has 4 unspecified atom stereocenters. The standard InChI is InChI=1S/C17H31NO2/c1-3-15-14(7-10-19-15)16(18-2)13-6-11-20-17(12-13)8-4-5-9-17/h13-16,18H,3-12H2,1-2H3. The average Bonchev–Trinajstić information content (AvgIpc) is 3.10. The molecule has 20 heavy (non-hydrogen) atoms. The number of hydrogen-bond donors (Lipinski definition) is 1. The molecule has 1 N–H and O–H groups in total. The Labute approximate surface area is 123 Å². The molecule has 116 valence electrons. The Morgan fingerprint density at radius 3 is 2.70 bits per heavy atom. The van der Waals surface area contributed by atoms with Crippen LogP contribution in [0.1, 0.15) is 58.3 Å². The molecule has 3 fully saturated rings. The summed E-state index contributed by atoms with van der Waals surface area (Å²) in [5.41, 5.74) is 0.235. The number of rotatable bonds is 4. The van der Waals surface area contributed by atoms with Crippen molar-refractivity contribution in [3.05, 3.63) is 0 Å². The van der Waals surface area contributed by atoms with Gasteiger partial charge in [0.05, 0.1) is 11.7 Å². The third kappa shape index (κ3) is 2.77. The van der Waals surface area contributed by atoms with Gasteiger partial charge in [-0.2, -0.15) is 0 Å². The molecule has 1 saturated carbocycles. The zero-order valence-corrected chi connectivity index (χ0v) is 13.2. The fourth-order valence-corrected chi connectivity index (χ4v) is 5.04. The predicted molar refractivity (Wildman–Crippen MR) is 80.9 cm³/mol. The topological polar surface area (TPSA) is 30.5 Å². The second kappa shape index (κ2) is 6.33. The Kier molecular flexibility index (Phi) is 4.68. The first-order chi connectivity index (χ1) is 9.78. The van der Waals surface area contributed by atoms with Crippen molar-refractivity contribution >= 4 is 0 Å². The molecule has 0 amide bonds. The lowest BCUT2D eigenvalue weighted by molar-refractivity contribution is -0.102. The van der Waals surface area contributed by atoms with Crippen molar-refractivity contribution in [3.8, 4) is 0 Å². The van der Waals surface area contributed by atoms with Crippen molar-refractivity contribution in [1.29, 1.82) is 0 Å². The average molecular weight is 281 g/mol. The van der Waals surface area contributed by atoms with Gasteiger partial charge >= 0.3 is 0 Å². The van der Waals surface area contributed by atoms with Crippen LogP contribution in [0, 0.1) is 11.8 Å². The quantitative estimate of drug-likeness (QED) is 0.859. The summed E-state index contributed by atoms with van der Waals surface area (Å²) in [6, 6.07) is 0.615. The molecule has 1 aliphatic carbocycles. The Bertz CT molecular complexity index is 314. The summed E-state index contributed by atoms with van der Waals surface area (Å²) in [5, 5.41) is 3.65. The molecule has 3 rings (SSSR count). The summed E-state index contributed by atoms with van der Waals surface area (Å²) in [4.78, 5) is 0. The van der Waals surface area contributed by atoms with Crippen LogP contribution in [0.5, 0.6) is 0 Å². The van der Waals surface area contributed by atoms with E-state index in [1.807, 2.05) is 0 Å². The Morgan fingerprint density at radius 1 is 1.20 bits per heavy atom. The lowest BCUT2D eigenvalue weighted by Crippen LogP contribution is -2.49. The van der Waals surface area contributed by atoms with E-state index in [1.54, 1.807) is 0 Å². The molecule has 3 heteroatoms. The fourth-order valence-electron chi connectivity index (χ4n) is 5.04. The van der Waals surface area contributed by atoms with Gasteiger partial charge in [0.1, 0.15) is 0 Å². The van der Waals surface area contributed by atoms with Crippen molar-refractivity contribution < 1.29 is 9.47 Å². The second-order valence-electron chi connectivity index (χ2n) is 7.08. The van der Waals surface area contributed by atoms with Gasteiger partial charge in [-0.3, -0.25) is 0 Å². The maximum Gasteiger partial charge on any atom is 0.0685 e. The van der Waals surface area contributed by atoms with Gasteiger partial charge < -0.3 is 14.8 Å². The largest absolute Gasteiger partial charge is 0.378 e. The molecule has 0 radical (unpaired) electrons. The highest BCUT2D eigenvalue weighted by atomic mass is 16.5. The normalized spacial score (nSPS) is 38.4. The van der Waals surface area contributed by atoms with Crippen LogP contribution in [0.15, 0.2) is 0 Å². The van der Waals surface area contributed by atoms with E-state index in [9.17, 15) is 0 Å². The van der Waals surface area contributed by atoms with Crippen molar-refractivity contribution in [2.24, 2.45) is 11.8 Å². The van der Waals surface area contributed by atoms with E-state index < -0.39 is 0 Å². The first-order valence-corrected chi connectivity index (χ1v) is 8.71. The monoisotopic (exact) mass is 281 g/mol.